The van der Waals surface area contributed by atoms with Crippen LogP contribution in [-0.4, -0.2) is 36.9 Å². The number of benzene rings is 1. The van der Waals surface area contributed by atoms with Gasteiger partial charge in [0, 0.05) is 24.8 Å². The highest BCUT2D eigenvalue weighted by molar-refractivity contribution is 5.48. The summed E-state index contributed by atoms with van der Waals surface area (Å²) in [5.74, 6) is -0.229. The van der Waals surface area contributed by atoms with Crippen molar-refractivity contribution in [3.05, 3.63) is 30.1 Å². The fourth-order valence-electron chi connectivity index (χ4n) is 2.07. The molecule has 1 heterocycles. The Bertz CT molecular complexity index is 341. The summed E-state index contributed by atoms with van der Waals surface area (Å²) >= 11 is 0. The first-order chi connectivity index (χ1) is 7.70. The lowest BCUT2D eigenvalue weighted by molar-refractivity contribution is 0.237. The molecule has 2 atom stereocenters. The van der Waals surface area contributed by atoms with Crippen LogP contribution < -0.4 is 10.2 Å². The average Bonchev–Trinajstić information content (AvgIpc) is 2.30. The third-order valence-electron chi connectivity index (χ3n) is 2.98. The number of hydrogen-bond donors (Lipinski definition) is 2. The number of hydrogen-bond acceptors (Lipinski definition) is 3. The first kappa shape index (κ1) is 11.4. The number of aliphatic hydroxyl groups is 1. The van der Waals surface area contributed by atoms with Gasteiger partial charge in [-0.15, -0.1) is 0 Å². The third kappa shape index (κ3) is 2.33. The number of nitrogens with one attached hydrogen (secondary N) is 1. The second-order valence-electron chi connectivity index (χ2n) is 4.27. The summed E-state index contributed by atoms with van der Waals surface area (Å²) in [6.45, 7) is 3.80. The number of aliphatic hydroxyl groups excluding tert-OH is 1. The van der Waals surface area contributed by atoms with Crippen LogP contribution in [0.25, 0.3) is 0 Å². The van der Waals surface area contributed by atoms with E-state index in [0.29, 0.717) is 6.04 Å². The largest absolute Gasteiger partial charge is 0.394 e. The van der Waals surface area contributed by atoms with Gasteiger partial charge in [0.05, 0.1) is 12.6 Å². The van der Waals surface area contributed by atoms with Crippen LogP contribution in [0.5, 0.6) is 0 Å². The van der Waals surface area contributed by atoms with E-state index in [0.717, 1.165) is 18.8 Å². The van der Waals surface area contributed by atoms with Gasteiger partial charge in [0.25, 0.3) is 0 Å². The number of rotatable bonds is 2. The third-order valence-corrected chi connectivity index (χ3v) is 2.98. The van der Waals surface area contributed by atoms with E-state index in [-0.39, 0.29) is 18.5 Å². The second kappa shape index (κ2) is 4.80. The monoisotopic (exact) mass is 224 g/mol. The van der Waals surface area contributed by atoms with Crippen molar-refractivity contribution in [2.45, 2.75) is 19.0 Å². The van der Waals surface area contributed by atoms with Gasteiger partial charge >= 0.3 is 0 Å². The van der Waals surface area contributed by atoms with Crippen molar-refractivity contribution in [2.24, 2.45) is 0 Å². The molecule has 0 aromatic heterocycles. The van der Waals surface area contributed by atoms with Crippen molar-refractivity contribution < 1.29 is 9.50 Å². The van der Waals surface area contributed by atoms with Crippen LogP contribution in [-0.2, 0) is 0 Å². The van der Waals surface area contributed by atoms with Gasteiger partial charge in [-0.2, -0.15) is 0 Å². The molecule has 1 aliphatic rings. The first-order valence-corrected chi connectivity index (χ1v) is 5.57. The molecule has 0 amide bonds. The maximum Gasteiger partial charge on any atom is 0.123 e. The molecule has 1 aliphatic heterocycles. The van der Waals surface area contributed by atoms with E-state index in [4.69, 9.17) is 0 Å². The van der Waals surface area contributed by atoms with Gasteiger partial charge in [-0.3, -0.25) is 0 Å². The summed E-state index contributed by atoms with van der Waals surface area (Å²) < 4.78 is 12.8. The summed E-state index contributed by atoms with van der Waals surface area (Å²) in [5.41, 5.74) is 0.966. The Labute approximate surface area is 94.9 Å². The van der Waals surface area contributed by atoms with Gasteiger partial charge in [-0.05, 0) is 31.2 Å². The number of piperazine rings is 1. The van der Waals surface area contributed by atoms with Gasteiger partial charge in [-0.1, -0.05) is 0 Å². The minimum Gasteiger partial charge on any atom is -0.394 e. The lowest BCUT2D eigenvalue weighted by atomic mass is 10.1. The molecule has 1 aromatic carbocycles. The van der Waals surface area contributed by atoms with E-state index in [1.54, 1.807) is 12.1 Å². The lowest BCUT2D eigenvalue weighted by Crippen LogP contribution is -2.57. The summed E-state index contributed by atoms with van der Waals surface area (Å²) in [6, 6.07) is 6.88. The van der Waals surface area contributed by atoms with E-state index >= 15 is 0 Å². The Morgan fingerprint density at radius 1 is 1.44 bits per heavy atom. The smallest absolute Gasteiger partial charge is 0.123 e. The van der Waals surface area contributed by atoms with E-state index in [1.807, 2.05) is 0 Å². The molecule has 88 valence electrons. The van der Waals surface area contributed by atoms with Gasteiger partial charge < -0.3 is 15.3 Å². The molecule has 2 rings (SSSR count). The number of nitrogens with zero attached hydrogens (tertiary/aromatic N) is 1. The Morgan fingerprint density at radius 2 is 2.12 bits per heavy atom. The molecule has 1 saturated heterocycles. The van der Waals surface area contributed by atoms with E-state index in [2.05, 4.69) is 17.1 Å². The van der Waals surface area contributed by atoms with E-state index in [1.165, 1.54) is 12.1 Å². The molecular weight excluding hydrogens is 207 g/mol. The Hall–Kier alpha value is -1.13. The summed E-state index contributed by atoms with van der Waals surface area (Å²) in [4.78, 5) is 2.13. The maximum absolute atomic E-state index is 12.8. The van der Waals surface area contributed by atoms with Crippen LogP contribution in [0.15, 0.2) is 24.3 Å². The van der Waals surface area contributed by atoms with Crippen LogP contribution in [0.4, 0.5) is 10.1 Å². The second-order valence-corrected chi connectivity index (χ2v) is 4.27. The average molecular weight is 224 g/mol. The van der Waals surface area contributed by atoms with Gasteiger partial charge in [-0.25, -0.2) is 4.39 Å². The molecule has 1 aromatic rings. The minimum atomic E-state index is -0.229. The molecule has 3 nitrogen and oxygen atoms in total. The zero-order chi connectivity index (χ0) is 11.5. The summed E-state index contributed by atoms with van der Waals surface area (Å²) in [7, 11) is 0. The first-order valence-electron chi connectivity index (χ1n) is 5.57. The highest BCUT2D eigenvalue weighted by Gasteiger charge is 2.25. The quantitative estimate of drug-likeness (QED) is 0.786. The Morgan fingerprint density at radius 3 is 2.75 bits per heavy atom. The molecular formula is C12H17FN2O. The van der Waals surface area contributed by atoms with Gasteiger partial charge in [0.15, 0.2) is 0 Å². The van der Waals surface area contributed by atoms with Crippen molar-refractivity contribution in [1.82, 2.24) is 5.32 Å². The van der Waals surface area contributed by atoms with Crippen molar-refractivity contribution in [3.8, 4) is 0 Å². The summed E-state index contributed by atoms with van der Waals surface area (Å²) in [5, 5.41) is 12.6. The molecule has 4 heteroatoms. The number of halogens is 1. The summed E-state index contributed by atoms with van der Waals surface area (Å²) in [6.07, 6.45) is 0. The minimum absolute atomic E-state index is 0.0710. The fourth-order valence-corrected chi connectivity index (χ4v) is 2.07. The SMILES string of the molecule is CC1CN(c2ccc(F)cc2)C(CO)CN1. The zero-order valence-electron chi connectivity index (χ0n) is 9.36. The molecule has 16 heavy (non-hydrogen) atoms. The predicted octanol–water partition coefficient (Wildman–Crippen LogP) is 0.985. The van der Waals surface area contributed by atoms with Crippen molar-refractivity contribution >= 4 is 5.69 Å². The molecule has 0 saturated carbocycles. The standard InChI is InChI=1S/C12H17FN2O/c1-9-7-15(12(8-16)6-14-9)11-4-2-10(13)3-5-11/h2-5,9,12,14,16H,6-8H2,1H3. The molecule has 0 aliphatic carbocycles. The van der Waals surface area contributed by atoms with E-state index < -0.39 is 0 Å². The van der Waals surface area contributed by atoms with E-state index in [9.17, 15) is 9.50 Å². The van der Waals surface area contributed by atoms with Crippen LogP contribution in [0.2, 0.25) is 0 Å². The topological polar surface area (TPSA) is 35.5 Å². The molecule has 2 unspecified atom stereocenters. The fraction of sp³-hybridized carbons (Fsp3) is 0.500. The Kier molecular flexibility index (Phi) is 3.41. The molecule has 2 N–H and O–H groups in total. The van der Waals surface area contributed by atoms with Crippen LogP contribution in [0.1, 0.15) is 6.92 Å². The number of anilines is 1. The van der Waals surface area contributed by atoms with Crippen LogP contribution in [0, 0.1) is 5.82 Å². The molecule has 0 bridgehead atoms. The van der Waals surface area contributed by atoms with Gasteiger partial charge in [0.1, 0.15) is 5.82 Å². The lowest BCUT2D eigenvalue weighted by Gasteiger charge is -2.40. The van der Waals surface area contributed by atoms with Crippen LogP contribution >= 0.6 is 0 Å². The maximum atomic E-state index is 12.8. The van der Waals surface area contributed by atoms with Gasteiger partial charge in [0.2, 0.25) is 0 Å². The zero-order valence-corrected chi connectivity index (χ0v) is 9.36. The van der Waals surface area contributed by atoms with Crippen molar-refractivity contribution in [2.75, 3.05) is 24.6 Å². The van der Waals surface area contributed by atoms with Crippen molar-refractivity contribution in [3.63, 3.8) is 0 Å². The molecule has 1 fully saturated rings. The molecule has 0 spiro atoms. The normalized spacial score (nSPS) is 25.8. The van der Waals surface area contributed by atoms with Crippen molar-refractivity contribution in [1.29, 1.82) is 0 Å². The highest BCUT2D eigenvalue weighted by atomic mass is 19.1. The molecule has 0 radical (unpaired) electrons. The van der Waals surface area contributed by atoms with Crippen LogP contribution in [0.3, 0.4) is 0 Å². The highest BCUT2D eigenvalue weighted by Crippen LogP contribution is 2.19. The predicted molar refractivity (Wildman–Crippen MR) is 62.1 cm³/mol. The Balaban J connectivity index is 2.18.